The quantitative estimate of drug-likeness (QED) is 0.648. The summed E-state index contributed by atoms with van der Waals surface area (Å²) in [6, 6.07) is 1.78. The number of carbonyl (C=O) groups is 1. The van der Waals surface area contributed by atoms with E-state index >= 15 is 0 Å². The minimum absolute atomic E-state index is 0.333. The van der Waals surface area contributed by atoms with Crippen molar-refractivity contribution in [1.82, 2.24) is 0 Å². The Morgan fingerprint density at radius 2 is 2.33 bits per heavy atom. The van der Waals surface area contributed by atoms with Gasteiger partial charge in [-0.25, -0.2) is 4.79 Å². The smallest absolute Gasteiger partial charge is 0.374 e. The third kappa shape index (κ3) is 1.67. The summed E-state index contributed by atoms with van der Waals surface area (Å²) in [6.45, 7) is 4.11. The van der Waals surface area contributed by atoms with Gasteiger partial charge in [0.15, 0.2) is 0 Å². The van der Waals surface area contributed by atoms with Crippen LogP contribution in [0.1, 0.15) is 30.0 Å². The van der Waals surface area contributed by atoms with Crippen LogP contribution in [0.15, 0.2) is 16.7 Å². The maximum Gasteiger partial charge on any atom is 0.374 e. The topological polar surface area (TPSA) is 39.4 Å². The van der Waals surface area contributed by atoms with Gasteiger partial charge in [0.1, 0.15) is 0 Å². The number of carbonyl (C=O) groups excluding carboxylic acids is 1. The number of hydrogen-bond donors (Lipinski definition) is 0. The summed E-state index contributed by atoms with van der Waals surface area (Å²) in [5, 5.41) is 0. The Morgan fingerprint density at radius 1 is 1.58 bits per heavy atom. The van der Waals surface area contributed by atoms with Crippen LogP contribution in [0.3, 0.4) is 0 Å². The molecule has 0 saturated carbocycles. The standard InChI is InChI=1S/C9H12O3/c1-3-7-5-6-12-8(7)9(10)11-4-2/h5-6H,3-4H2,1-2H3. The minimum Gasteiger partial charge on any atom is -0.460 e. The second-order valence-corrected chi connectivity index (χ2v) is 2.35. The van der Waals surface area contributed by atoms with E-state index in [0.717, 1.165) is 12.0 Å². The molecule has 3 heteroatoms. The molecule has 0 radical (unpaired) electrons. The van der Waals surface area contributed by atoms with E-state index in [9.17, 15) is 4.79 Å². The molecule has 0 atom stereocenters. The van der Waals surface area contributed by atoms with Crippen LogP contribution in [0.5, 0.6) is 0 Å². The summed E-state index contributed by atoms with van der Waals surface area (Å²) >= 11 is 0. The number of furan rings is 1. The fourth-order valence-electron chi connectivity index (χ4n) is 0.990. The largest absolute Gasteiger partial charge is 0.460 e. The molecular formula is C9H12O3. The van der Waals surface area contributed by atoms with E-state index in [0.29, 0.717) is 12.4 Å². The van der Waals surface area contributed by atoms with E-state index in [1.165, 1.54) is 6.26 Å². The first-order chi connectivity index (χ1) is 5.79. The highest BCUT2D eigenvalue weighted by molar-refractivity contribution is 5.87. The zero-order valence-electron chi connectivity index (χ0n) is 7.29. The average molecular weight is 168 g/mol. The molecule has 66 valence electrons. The second kappa shape index (κ2) is 3.95. The summed E-state index contributed by atoms with van der Waals surface area (Å²) in [5.41, 5.74) is 0.897. The van der Waals surface area contributed by atoms with Gasteiger partial charge in [0.25, 0.3) is 0 Å². The van der Waals surface area contributed by atoms with Crippen LogP contribution in [0, 0.1) is 0 Å². The molecular weight excluding hydrogens is 156 g/mol. The Bertz CT molecular complexity index is 262. The summed E-state index contributed by atoms with van der Waals surface area (Å²) in [5.74, 6) is -0.0429. The summed E-state index contributed by atoms with van der Waals surface area (Å²) in [4.78, 5) is 11.2. The molecule has 1 heterocycles. The number of rotatable bonds is 3. The van der Waals surface area contributed by atoms with Gasteiger partial charge in [-0.15, -0.1) is 0 Å². The van der Waals surface area contributed by atoms with E-state index in [1.54, 1.807) is 13.0 Å². The van der Waals surface area contributed by atoms with E-state index in [-0.39, 0.29) is 5.97 Å². The molecule has 0 aliphatic carbocycles. The average Bonchev–Trinajstić information content (AvgIpc) is 2.51. The lowest BCUT2D eigenvalue weighted by molar-refractivity contribution is 0.0488. The van der Waals surface area contributed by atoms with Gasteiger partial charge in [0.05, 0.1) is 12.9 Å². The van der Waals surface area contributed by atoms with Gasteiger partial charge >= 0.3 is 5.97 Å². The predicted molar refractivity (Wildman–Crippen MR) is 44.0 cm³/mol. The van der Waals surface area contributed by atoms with Gasteiger partial charge in [0.2, 0.25) is 5.76 Å². The first-order valence-corrected chi connectivity index (χ1v) is 4.03. The highest BCUT2D eigenvalue weighted by Crippen LogP contribution is 2.12. The predicted octanol–water partition coefficient (Wildman–Crippen LogP) is 2.02. The highest BCUT2D eigenvalue weighted by Gasteiger charge is 2.14. The van der Waals surface area contributed by atoms with Gasteiger partial charge in [-0.2, -0.15) is 0 Å². The van der Waals surface area contributed by atoms with Crippen LogP contribution in [0.2, 0.25) is 0 Å². The zero-order chi connectivity index (χ0) is 8.97. The van der Waals surface area contributed by atoms with Crippen molar-refractivity contribution < 1.29 is 13.9 Å². The van der Waals surface area contributed by atoms with E-state index < -0.39 is 0 Å². The Morgan fingerprint density at radius 3 is 2.92 bits per heavy atom. The van der Waals surface area contributed by atoms with Gasteiger partial charge in [-0.1, -0.05) is 6.92 Å². The van der Waals surface area contributed by atoms with Crippen LogP contribution in [0.4, 0.5) is 0 Å². The molecule has 0 N–H and O–H groups in total. The van der Waals surface area contributed by atoms with Crippen molar-refractivity contribution in [3.05, 3.63) is 23.7 Å². The first kappa shape index (κ1) is 8.84. The minimum atomic E-state index is -0.376. The lowest BCUT2D eigenvalue weighted by Gasteiger charge is -1.99. The normalized spacial score (nSPS) is 9.83. The molecule has 0 amide bonds. The lowest BCUT2D eigenvalue weighted by atomic mass is 10.2. The Hall–Kier alpha value is -1.25. The maximum absolute atomic E-state index is 11.2. The molecule has 1 aromatic rings. The van der Waals surface area contributed by atoms with Crippen molar-refractivity contribution in [1.29, 1.82) is 0 Å². The van der Waals surface area contributed by atoms with Crippen LogP contribution >= 0.6 is 0 Å². The summed E-state index contributed by atoms with van der Waals surface area (Å²) in [6.07, 6.45) is 2.29. The molecule has 0 unspecified atom stereocenters. The lowest BCUT2D eigenvalue weighted by Crippen LogP contribution is -2.05. The Kier molecular flexibility index (Phi) is 2.91. The number of ether oxygens (including phenoxy) is 1. The fourth-order valence-corrected chi connectivity index (χ4v) is 0.990. The van der Waals surface area contributed by atoms with Crippen LogP contribution in [-0.4, -0.2) is 12.6 Å². The van der Waals surface area contributed by atoms with Crippen molar-refractivity contribution in [2.24, 2.45) is 0 Å². The number of hydrogen-bond acceptors (Lipinski definition) is 3. The van der Waals surface area contributed by atoms with E-state index in [2.05, 4.69) is 0 Å². The fraction of sp³-hybridized carbons (Fsp3) is 0.444. The van der Waals surface area contributed by atoms with Crippen molar-refractivity contribution in [2.75, 3.05) is 6.61 Å². The van der Waals surface area contributed by atoms with Gasteiger partial charge in [0, 0.05) is 5.56 Å². The summed E-state index contributed by atoms with van der Waals surface area (Å²) in [7, 11) is 0. The molecule has 0 aliphatic rings. The number of esters is 1. The third-order valence-corrected chi connectivity index (χ3v) is 1.59. The maximum atomic E-state index is 11.2. The molecule has 12 heavy (non-hydrogen) atoms. The molecule has 0 bridgehead atoms. The molecule has 3 nitrogen and oxygen atoms in total. The van der Waals surface area contributed by atoms with Crippen molar-refractivity contribution in [2.45, 2.75) is 20.3 Å². The zero-order valence-corrected chi connectivity index (χ0v) is 7.29. The highest BCUT2D eigenvalue weighted by atomic mass is 16.5. The van der Waals surface area contributed by atoms with Crippen molar-refractivity contribution in [3.8, 4) is 0 Å². The van der Waals surface area contributed by atoms with Crippen LogP contribution < -0.4 is 0 Å². The second-order valence-electron chi connectivity index (χ2n) is 2.35. The first-order valence-electron chi connectivity index (χ1n) is 4.03. The van der Waals surface area contributed by atoms with Crippen LogP contribution in [-0.2, 0) is 11.2 Å². The van der Waals surface area contributed by atoms with Gasteiger partial charge < -0.3 is 9.15 Å². The van der Waals surface area contributed by atoms with Crippen molar-refractivity contribution in [3.63, 3.8) is 0 Å². The molecule has 0 aliphatic heterocycles. The molecule has 1 aromatic heterocycles. The third-order valence-electron chi connectivity index (χ3n) is 1.59. The molecule has 0 fully saturated rings. The molecule has 0 spiro atoms. The monoisotopic (exact) mass is 168 g/mol. The van der Waals surface area contributed by atoms with Gasteiger partial charge in [-0.05, 0) is 19.4 Å². The number of aryl methyl sites for hydroxylation is 1. The van der Waals surface area contributed by atoms with E-state index in [4.69, 9.17) is 9.15 Å². The van der Waals surface area contributed by atoms with Crippen molar-refractivity contribution >= 4 is 5.97 Å². The molecule has 0 aromatic carbocycles. The summed E-state index contributed by atoms with van der Waals surface area (Å²) < 4.78 is 9.79. The Balaban J connectivity index is 2.79. The van der Waals surface area contributed by atoms with Gasteiger partial charge in [-0.3, -0.25) is 0 Å². The van der Waals surface area contributed by atoms with Crippen LogP contribution in [0.25, 0.3) is 0 Å². The molecule has 1 rings (SSSR count). The Labute approximate surface area is 71.3 Å². The van der Waals surface area contributed by atoms with E-state index in [1.807, 2.05) is 6.92 Å². The SMILES string of the molecule is CCOC(=O)c1occc1CC. The molecule has 0 saturated heterocycles.